The number of ether oxygens (including phenoxy) is 1. The largest absolute Gasteiger partial charge is 0.456 e. The average Bonchev–Trinajstić information content (AvgIpc) is 2.58. The van der Waals surface area contributed by atoms with Crippen LogP contribution in [0, 0.1) is 11.3 Å². The Morgan fingerprint density at radius 1 is 1.30 bits per heavy atom. The Balaban J connectivity index is 2.10. The highest BCUT2D eigenvalue weighted by Crippen LogP contribution is 2.46. The van der Waals surface area contributed by atoms with Crippen LogP contribution in [-0.4, -0.2) is 47.3 Å². The Bertz CT molecular complexity index is 557. The summed E-state index contributed by atoms with van der Waals surface area (Å²) in [4.78, 5) is 48.4. The number of urea groups is 1. The molecule has 0 bridgehead atoms. The Morgan fingerprint density at radius 3 is 2.52 bits per heavy atom. The van der Waals surface area contributed by atoms with E-state index in [4.69, 9.17) is 4.74 Å². The molecule has 2 aliphatic rings. The van der Waals surface area contributed by atoms with Gasteiger partial charge in [-0.15, -0.1) is 0 Å². The van der Waals surface area contributed by atoms with Crippen LogP contribution in [0.2, 0.25) is 0 Å². The van der Waals surface area contributed by atoms with E-state index in [0.29, 0.717) is 18.8 Å². The molecule has 0 unspecified atom stereocenters. The van der Waals surface area contributed by atoms with Gasteiger partial charge in [0.15, 0.2) is 5.78 Å². The number of imide groups is 1. The lowest BCUT2D eigenvalue weighted by Crippen LogP contribution is -2.54. The van der Waals surface area contributed by atoms with Gasteiger partial charge in [0, 0.05) is 0 Å². The second-order valence-electron chi connectivity index (χ2n) is 7.62. The quantitative estimate of drug-likeness (QED) is 0.621. The number of Topliss-reactive ketones (excluding diaryl/α,β-unsaturated/α-hetero) is 1. The standard InChI is InChI=1S/C16H24N2O5/c1-10-5-15(3,4)9-16(6-10)13(21)18(14(22)17-16)7-12(20)23-8-11(2)19/h10H,5-9H2,1-4H3,(H,17,22)/t10-,16+/m1/s1. The molecule has 1 heterocycles. The minimum Gasteiger partial charge on any atom is -0.456 e. The lowest BCUT2D eigenvalue weighted by atomic mass is 9.64. The van der Waals surface area contributed by atoms with Crippen molar-refractivity contribution in [1.29, 1.82) is 0 Å². The van der Waals surface area contributed by atoms with Crippen LogP contribution < -0.4 is 5.32 Å². The van der Waals surface area contributed by atoms with Crippen molar-refractivity contribution in [3.63, 3.8) is 0 Å². The number of hydrogen-bond donors (Lipinski definition) is 1. The number of nitrogens with one attached hydrogen (secondary N) is 1. The molecule has 7 heteroatoms. The Hall–Kier alpha value is -1.92. The van der Waals surface area contributed by atoms with Crippen LogP contribution in [0.15, 0.2) is 0 Å². The van der Waals surface area contributed by atoms with Crippen LogP contribution in [0.4, 0.5) is 4.79 Å². The normalized spacial score (nSPS) is 29.6. The fourth-order valence-electron chi connectivity index (χ4n) is 4.01. The molecule has 0 aromatic heterocycles. The molecule has 0 aromatic rings. The van der Waals surface area contributed by atoms with Crippen molar-refractivity contribution in [2.24, 2.45) is 11.3 Å². The van der Waals surface area contributed by atoms with Crippen molar-refractivity contribution in [3.8, 4) is 0 Å². The van der Waals surface area contributed by atoms with Crippen LogP contribution in [0.5, 0.6) is 0 Å². The van der Waals surface area contributed by atoms with Gasteiger partial charge in [-0.25, -0.2) is 4.79 Å². The second-order valence-corrected chi connectivity index (χ2v) is 7.62. The van der Waals surface area contributed by atoms with E-state index >= 15 is 0 Å². The lowest BCUT2D eigenvalue weighted by molar-refractivity contribution is -0.150. The molecule has 0 aromatic carbocycles. The van der Waals surface area contributed by atoms with Gasteiger partial charge < -0.3 is 10.1 Å². The number of esters is 1. The number of rotatable bonds is 4. The van der Waals surface area contributed by atoms with Crippen LogP contribution in [0.1, 0.15) is 47.0 Å². The molecule has 7 nitrogen and oxygen atoms in total. The molecule has 1 aliphatic carbocycles. The van der Waals surface area contributed by atoms with Crippen LogP contribution in [-0.2, 0) is 19.1 Å². The van der Waals surface area contributed by atoms with Gasteiger partial charge in [0.25, 0.3) is 5.91 Å². The van der Waals surface area contributed by atoms with Crippen molar-refractivity contribution < 1.29 is 23.9 Å². The number of carbonyl (C=O) groups is 4. The summed E-state index contributed by atoms with van der Waals surface area (Å²) >= 11 is 0. The first-order valence-corrected chi connectivity index (χ1v) is 7.84. The first-order valence-electron chi connectivity index (χ1n) is 7.84. The predicted molar refractivity (Wildman–Crippen MR) is 81.4 cm³/mol. The van der Waals surface area contributed by atoms with E-state index in [0.717, 1.165) is 11.3 Å². The molecule has 2 atom stereocenters. The average molecular weight is 324 g/mol. The zero-order valence-electron chi connectivity index (χ0n) is 14.1. The summed E-state index contributed by atoms with van der Waals surface area (Å²) in [6, 6.07) is -0.570. The topological polar surface area (TPSA) is 92.8 Å². The molecule has 23 heavy (non-hydrogen) atoms. The van der Waals surface area contributed by atoms with Crippen molar-refractivity contribution >= 4 is 23.7 Å². The molecule has 128 valence electrons. The SMILES string of the molecule is CC(=O)COC(=O)CN1C(=O)N[C@]2(C[C@H](C)CC(C)(C)C2)C1=O. The van der Waals surface area contributed by atoms with E-state index in [-0.39, 0.29) is 23.7 Å². The maximum Gasteiger partial charge on any atom is 0.326 e. The highest BCUT2D eigenvalue weighted by atomic mass is 16.5. The van der Waals surface area contributed by atoms with Crippen molar-refractivity contribution in [1.82, 2.24) is 10.2 Å². The van der Waals surface area contributed by atoms with Gasteiger partial charge in [-0.2, -0.15) is 0 Å². The fraction of sp³-hybridized carbons (Fsp3) is 0.750. The zero-order valence-corrected chi connectivity index (χ0v) is 14.1. The number of ketones is 1. The number of hydrogen-bond acceptors (Lipinski definition) is 5. The Labute approximate surface area is 135 Å². The third-order valence-electron chi connectivity index (χ3n) is 4.35. The highest BCUT2D eigenvalue weighted by Gasteiger charge is 2.56. The molecular weight excluding hydrogens is 300 g/mol. The van der Waals surface area contributed by atoms with Gasteiger partial charge in [0.05, 0.1) is 0 Å². The molecule has 1 spiro atoms. The van der Waals surface area contributed by atoms with Crippen LogP contribution >= 0.6 is 0 Å². The van der Waals surface area contributed by atoms with Crippen LogP contribution in [0.25, 0.3) is 0 Å². The van der Waals surface area contributed by atoms with Gasteiger partial charge in [0.1, 0.15) is 18.7 Å². The summed E-state index contributed by atoms with van der Waals surface area (Å²) in [5, 5.41) is 2.79. The summed E-state index contributed by atoms with van der Waals surface area (Å²) in [6.07, 6.45) is 2.10. The monoisotopic (exact) mass is 324 g/mol. The number of carbonyl (C=O) groups excluding carboxylic acids is 4. The molecule has 0 radical (unpaired) electrons. The van der Waals surface area contributed by atoms with E-state index in [1.54, 1.807) is 0 Å². The predicted octanol–water partition coefficient (Wildman–Crippen LogP) is 1.26. The van der Waals surface area contributed by atoms with Crippen molar-refractivity contribution in [3.05, 3.63) is 0 Å². The molecule has 3 amide bonds. The van der Waals surface area contributed by atoms with Crippen molar-refractivity contribution in [2.75, 3.05) is 13.2 Å². The lowest BCUT2D eigenvalue weighted by Gasteiger charge is -2.43. The first kappa shape index (κ1) is 17.4. The number of amides is 3. The Kier molecular flexibility index (Phi) is 4.50. The third kappa shape index (κ3) is 3.71. The number of nitrogens with zero attached hydrogens (tertiary/aromatic N) is 1. The summed E-state index contributed by atoms with van der Waals surface area (Å²) in [5.74, 6) is -1.13. The molecule has 2 rings (SSSR count). The minimum absolute atomic E-state index is 0.0637. The summed E-state index contributed by atoms with van der Waals surface area (Å²) in [7, 11) is 0. The second kappa shape index (κ2) is 5.94. The minimum atomic E-state index is -0.931. The first-order chi connectivity index (χ1) is 10.5. The van der Waals surface area contributed by atoms with E-state index in [2.05, 4.69) is 26.1 Å². The van der Waals surface area contributed by atoms with Gasteiger partial charge in [-0.1, -0.05) is 20.8 Å². The van der Waals surface area contributed by atoms with E-state index in [1.807, 2.05) is 0 Å². The van der Waals surface area contributed by atoms with Gasteiger partial charge in [-0.05, 0) is 37.5 Å². The molecule has 1 aliphatic heterocycles. The molecule has 1 N–H and O–H groups in total. The maximum absolute atomic E-state index is 12.8. The molecule has 1 saturated heterocycles. The van der Waals surface area contributed by atoms with Crippen molar-refractivity contribution in [2.45, 2.75) is 52.5 Å². The fourth-order valence-corrected chi connectivity index (χ4v) is 4.01. The molecule has 1 saturated carbocycles. The summed E-state index contributed by atoms with van der Waals surface area (Å²) < 4.78 is 4.74. The third-order valence-corrected chi connectivity index (χ3v) is 4.35. The smallest absolute Gasteiger partial charge is 0.326 e. The molecule has 2 fully saturated rings. The molecular formula is C16H24N2O5. The Morgan fingerprint density at radius 2 is 1.96 bits per heavy atom. The van der Waals surface area contributed by atoms with E-state index in [9.17, 15) is 19.2 Å². The zero-order chi connectivity index (χ0) is 17.4. The maximum atomic E-state index is 12.8. The van der Waals surface area contributed by atoms with E-state index in [1.165, 1.54) is 6.92 Å². The van der Waals surface area contributed by atoms with Crippen LogP contribution in [0.3, 0.4) is 0 Å². The van der Waals surface area contributed by atoms with Gasteiger partial charge >= 0.3 is 12.0 Å². The summed E-state index contributed by atoms with van der Waals surface area (Å²) in [6.45, 7) is 6.70. The van der Waals surface area contributed by atoms with E-state index < -0.39 is 24.1 Å². The highest BCUT2D eigenvalue weighted by molar-refractivity contribution is 6.08. The van der Waals surface area contributed by atoms with Gasteiger partial charge in [-0.3, -0.25) is 19.3 Å². The summed E-state index contributed by atoms with van der Waals surface area (Å²) in [5.41, 5.74) is -0.995. The van der Waals surface area contributed by atoms with Gasteiger partial charge in [0.2, 0.25) is 0 Å².